The molecule has 0 aliphatic heterocycles. The van der Waals surface area contributed by atoms with Crippen molar-refractivity contribution < 1.29 is 13.7 Å². The number of nitrogens with one attached hydrogen (secondary N) is 1. The molecule has 1 aromatic carbocycles. The molecule has 8 nitrogen and oxygen atoms in total. The second-order valence-corrected chi connectivity index (χ2v) is 8.22. The second-order valence-electron chi connectivity index (χ2n) is 7.78. The minimum absolute atomic E-state index is 0.295. The van der Waals surface area contributed by atoms with Crippen molar-refractivity contribution in [3.8, 4) is 11.3 Å². The first-order valence-corrected chi connectivity index (χ1v) is 10.7. The number of pyridine rings is 1. The van der Waals surface area contributed by atoms with Crippen LogP contribution in [0, 0.1) is 20.8 Å². The minimum Gasteiger partial charge on any atom is -0.466 e. The summed E-state index contributed by atoms with van der Waals surface area (Å²) in [5.41, 5.74) is 3.67. The van der Waals surface area contributed by atoms with Crippen molar-refractivity contribution in [1.29, 1.82) is 0 Å². The lowest BCUT2D eigenvalue weighted by Gasteiger charge is -2.11. The van der Waals surface area contributed by atoms with Crippen LogP contribution < -0.4 is 5.32 Å². The zero-order valence-electron chi connectivity index (χ0n) is 18.2. The van der Waals surface area contributed by atoms with Gasteiger partial charge in [-0.3, -0.25) is 4.79 Å². The highest BCUT2D eigenvalue weighted by atomic mass is 35.5. The van der Waals surface area contributed by atoms with Gasteiger partial charge in [-0.15, -0.1) is 0 Å². The van der Waals surface area contributed by atoms with Crippen LogP contribution >= 0.6 is 11.6 Å². The lowest BCUT2D eigenvalue weighted by Crippen LogP contribution is -2.17. The van der Waals surface area contributed by atoms with Crippen LogP contribution in [0.25, 0.3) is 22.4 Å². The van der Waals surface area contributed by atoms with E-state index in [2.05, 4.69) is 20.6 Å². The Hall–Kier alpha value is -3.91. The molecule has 0 fully saturated rings. The van der Waals surface area contributed by atoms with E-state index in [1.54, 1.807) is 29.9 Å². The molecule has 166 valence electrons. The molecule has 0 radical (unpaired) electrons. The molecule has 0 atom stereocenters. The summed E-state index contributed by atoms with van der Waals surface area (Å²) < 4.78 is 12.8. The fourth-order valence-electron chi connectivity index (χ4n) is 3.81. The topological polar surface area (TPSA) is 99.0 Å². The number of fused-ring (bicyclic) bond motifs is 1. The number of carbonyl (C=O) groups excluding carboxylic acids is 1. The molecule has 0 saturated heterocycles. The number of halogens is 1. The van der Waals surface area contributed by atoms with Crippen molar-refractivity contribution in [1.82, 2.24) is 19.9 Å². The highest BCUT2D eigenvalue weighted by Crippen LogP contribution is 2.31. The molecule has 1 amide bonds. The Morgan fingerprint density at radius 1 is 1.12 bits per heavy atom. The number of amides is 1. The summed E-state index contributed by atoms with van der Waals surface area (Å²) in [4.78, 5) is 18.0. The predicted molar refractivity (Wildman–Crippen MR) is 124 cm³/mol. The predicted octanol–water partition coefficient (Wildman–Crippen LogP) is 5.56. The molecule has 0 bridgehead atoms. The van der Waals surface area contributed by atoms with Gasteiger partial charge in [0.05, 0.1) is 35.1 Å². The van der Waals surface area contributed by atoms with E-state index in [0.29, 0.717) is 51.2 Å². The van der Waals surface area contributed by atoms with Crippen LogP contribution in [0.4, 0.5) is 5.82 Å². The molecule has 5 aromatic rings. The molecular weight excluding hydrogens is 442 g/mol. The van der Waals surface area contributed by atoms with Gasteiger partial charge >= 0.3 is 0 Å². The number of carbonyl (C=O) groups is 1. The number of anilines is 1. The number of furan rings is 1. The molecule has 1 N–H and O–H groups in total. The number of hydrogen-bond acceptors (Lipinski definition) is 6. The number of aromatic nitrogens is 4. The Balaban J connectivity index is 1.50. The van der Waals surface area contributed by atoms with Gasteiger partial charge in [-0.05, 0) is 50.6 Å². The summed E-state index contributed by atoms with van der Waals surface area (Å²) in [6.07, 6.45) is 1.64. The third-order valence-electron chi connectivity index (χ3n) is 5.38. The fraction of sp³-hybridized carbons (Fsp3) is 0.167. The SMILES string of the molecule is Cc1cc(-c2cc(C(=O)Nc3ccnn3Cc3ccc(Cl)cc3)c3c(C)noc3n2)c(C)o1. The zero-order chi connectivity index (χ0) is 23.1. The molecule has 9 heteroatoms. The summed E-state index contributed by atoms with van der Waals surface area (Å²) in [6.45, 7) is 5.98. The Bertz CT molecular complexity index is 1480. The largest absolute Gasteiger partial charge is 0.466 e. The Morgan fingerprint density at radius 2 is 1.91 bits per heavy atom. The molecule has 5 rings (SSSR count). The Kier molecular flexibility index (Phi) is 5.22. The van der Waals surface area contributed by atoms with Crippen molar-refractivity contribution in [2.45, 2.75) is 27.3 Å². The molecule has 4 aromatic heterocycles. The maximum absolute atomic E-state index is 13.4. The average molecular weight is 462 g/mol. The standard InChI is InChI=1S/C24H20ClN5O3/c1-13-10-18(15(3)32-13)20-11-19(22-14(2)29-33-24(22)27-20)23(31)28-21-8-9-26-30(21)12-16-4-6-17(25)7-5-16/h4-11H,12H2,1-3H3,(H,28,31). The van der Waals surface area contributed by atoms with Gasteiger partial charge in [0, 0.05) is 16.7 Å². The summed E-state index contributed by atoms with van der Waals surface area (Å²) in [5, 5.41) is 12.5. The van der Waals surface area contributed by atoms with E-state index in [1.165, 1.54) is 0 Å². The minimum atomic E-state index is -0.314. The van der Waals surface area contributed by atoms with E-state index in [-0.39, 0.29) is 5.91 Å². The molecular formula is C24H20ClN5O3. The number of hydrogen-bond donors (Lipinski definition) is 1. The average Bonchev–Trinajstić information content (AvgIpc) is 3.48. The van der Waals surface area contributed by atoms with Crippen LogP contribution in [0.2, 0.25) is 5.02 Å². The van der Waals surface area contributed by atoms with Crippen molar-refractivity contribution in [2.24, 2.45) is 0 Å². The Morgan fingerprint density at radius 3 is 2.64 bits per heavy atom. The van der Waals surface area contributed by atoms with Crippen molar-refractivity contribution in [3.05, 3.63) is 82.0 Å². The molecule has 4 heterocycles. The van der Waals surface area contributed by atoms with Crippen molar-refractivity contribution in [2.75, 3.05) is 5.32 Å². The van der Waals surface area contributed by atoms with Crippen LogP contribution in [0.5, 0.6) is 0 Å². The van der Waals surface area contributed by atoms with E-state index >= 15 is 0 Å². The van der Waals surface area contributed by atoms with Crippen molar-refractivity contribution >= 4 is 34.4 Å². The monoisotopic (exact) mass is 461 g/mol. The van der Waals surface area contributed by atoms with Crippen LogP contribution in [0.15, 0.2) is 57.6 Å². The molecule has 0 saturated carbocycles. The van der Waals surface area contributed by atoms with Gasteiger partial charge in [0.1, 0.15) is 17.3 Å². The van der Waals surface area contributed by atoms with E-state index in [1.807, 2.05) is 44.2 Å². The number of nitrogens with zero attached hydrogens (tertiary/aromatic N) is 4. The zero-order valence-corrected chi connectivity index (χ0v) is 19.0. The van der Waals surface area contributed by atoms with Crippen molar-refractivity contribution in [3.63, 3.8) is 0 Å². The van der Waals surface area contributed by atoms with Gasteiger partial charge in [0.2, 0.25) is 0 Å². The smallest absolute Gasteiger partial charge is 0.259 e. The third-order valence-corrected chi connectivity index (χ3v) is 5.63. The van der Waals surface area contributed by atoms with Gasteiger partial charge in [-0.2, -0.15) is 5.10 Å². The quantitative estimate of drug-likeness (QED) is 0.368. The fourth-order valence-corrected chi connectivity index (χ4v) is 3.93. The Labute approximate surface area is 194 Å². The summed E-state index contributed by atoms with van der Waals surface area (Å²) in [5.74, 6) is 1.72. The first-order chi connectivity index (χ1) is 15.9. The normalized spacial score (nSPS) is 11.3. The highest BCUT2D eigenvalue weighted by molar-refractivity contribution is 6.30. The van der Waals surface area contributed by atoms with Crippen LogP contribution in [-0.4, -0.2) is 25.8 Å². The van der Waals surface area contributed by atoms with Gasteiger partial charge < -0.3 is 14.3 Å². The van der Waals surface area contributed by atoms with Gasteiger partial charge in [0.25, 0.3) is 11.6 Å². The van der Waals surface area contributed by atoms with Gasteiger partial charge in [-0.1, -0.05) is 28.9 Å². The van der Waals surface area contributed by atoms with Gasteiger partial charge in [-0.25, -0.2) is 9.67 Å². The molecule has 33 heavy (non-hydrogen) atoms. The third kappa shape index (κ3) is 4.01. The maximum atomic E-state index is 13.4. The maximum Gasteiger partial charge on any atom is 0.259 e. The second kappa shape index (κ2) is 8.22. The van der Waals surface area contributed by atoms with Gasteiger partial charge in [0.15, 0.2) is 0 Å². The number of benzene rings is 1. The van der Waals surface area contributed by atoms with Crippen LogP contribution in [0.1, 0.15) is 33.1 Å². The van der Waals surface area contributed by atoms with E-state index in [0.717, 1.165) is 16.9 Å². The first kappa shape index (κ1) is 21.0. The highest BCUT2D eigenvalue weighted by Gasteiger charge is 2.22. The molecule has 0 unspecified atom stereocenters. The van der Waals surface area contributed by atoms with Crippen LogP contribution in [-0.2, 0) is 6.54 Å². The van der Waals surface area contributed by atoms with E-state index in [4.69, 9.17) is 20.5 Å². The molecule has 0 spiro atoms. The lowest BCUT2D eigenvalue weighted by molar-refractivity contribution is 0.102. The number of rotatable bonds is 5. The summed E-state index contributed by atoms with van der Waals surface area (Å²) in [7, 11) is 0. The first-order valence-electron chi connectivity index (χ1n) is 10.3. The molecule has 0 aliphatic carbocycles. The van der Waals surface area contributed by atoms with E-state index in [9.17, 15) is 4.79 Å². The van der Waals surface area contributed by atoms with Crippen LogP contribution in [0.3, 0.4) is 0 Å². The summed E-state index contributed by atoms with van der Waals surface area (Å²) in [6, 6.07) is 12.9. The molecule has 0 aliphatic rings. The van der Waals surface area contributed by atoms with E-state index < -0.39 is 0 Å². The summed E-state index contributed by atoms with van der Waals surface area (Å²) >= 11 is 5.98. The number of aryl methyl sites for hydroxylation is 3. The lowest BCUT2D eigenvalue weighted by atomic mass is 10.1.